The molecule has 220 valence electrons. The van der Waals surface area contributed by atoms with Crippen LogP contribution in [0.1, 0.15) is 68.8 Å². The van der Waals surface area contributed by atoms with Crippen molar-refractivity contribution in [3.8, 4) is 17.1 Å². The van der Waals surface area contributed by atoms with Gasteiger partial charge in [-0.15, -0.1) is 0 Å². The maximum atomic E-state index is 12.4. The number of carbonyl (C=O) groups excluding carboxylic acids is 2. The highest BCUT2D eigenvalue weighted by Crippen LogP contribution is 2.26. The summed E-state index contributed by atoms with van der Waals surface area (Å²) in [5.74, 6) is -0.790. The third kappa shape index (κ3) is 8.44. The molecule has 0 radical (unpaired) electrons. The van der Waals surface area contributed by atoms with Crippen LogP contribution in [0.2, 0.25) is 0 Å². The molecule has 8 nitrogen and oxygen atoms in total. The first-order chi connectivity index (χ1) is 20.1. The van der Waals surface area contributed by atoms with E-state index in [2.05, 4.69) is 61.4 Å². The lowest BCUT2D eigenvalue weighted by Gasteiger charge is -2.19. The minimum Gasteiger partial charge on any atom is -0.392 e. The number of pyridine rings is 1. The molecular formula is C34H41N5O3. The molecule has 4 aromatic rings. The second kappa shape index (κ2) is 14.2. The number of rotatable bonds is 12. The van der Waals surface area contributed by atoms with Crippen molar-refractivity contribution in [1.82, 2.24) is 20.1 Å². The van der Waals surface area contributed by atoms with Crippen LogP contribution in [-0.2, 0) is 34.5 Å². The number of aromatic nitrogens is 3. The van der Waals surface area contributed by atoms with Gasteiger partial charge >= 0.3 is 0 Å². The number of nitrogens with one attached hydrogen (secondary N) is 1. The molecule has 0 bridgehead atoms. The van der Waals surface area contributed by atoms with Crippen LogP contribution >= 0.6 is 0 Å². The fraction of sp³-hybridized carbons (Fsp3) is 0.353. The Hall–Kier alpha value is -4.14. The molecule has 0 aliphatic carbocycles. The number of benzene rings is 2. The van der Waals surface area contributed by atoms with Gasteiger partial charge in [-0.3, -0.25) is 19.9 Å². The first kappa shape index (κ1) is 30.8. The number of aliphatic hydroxyl groups is 1. The van der Waals surface area contributed by atoms with Gasteiger partial charge in [0.15, 0.2) is 0 Å². The van der Waals surface area contributed by atoms with Crippen LogP contribution in [0, 0.1) is 0 Å². The van der Waals surface area contributed by atoms with Gasteiger partial charge < -0.3 is 10.8 Å². The highest BCUT2D eigenvalue weighted by atomic mass is 16.3. The van der Waals surface area contributed by atoms with E-state index in [0.717, 1.165) is 53.2 Å². The number of nitrogens with zero attached hydrogens (tertiary/aromatic N) is 3. The summed E-state index contributed by atoms with van der Waals surface area (Å²) in [6.07, 6.45) is 5.51. The smallest absolute Gasteiger partial charge is 0.243 e. The van der Waals surface area contributed by atoms with E-state index >= 15 is 0 Å². The second-order valence-corrected chi connectivity index (χ2v) is 11.7. The molecule has 0 saturated carbocycles. The molecule has 0 fully saturated rings. The highest BCUT2D eigenvalue weighted by Gasteiger charge is 2.18. The van der Waals surface area contributed by atoms with Crippen molar-refractivity contribution in [2.24, 2.45) is 5.73 Å². The van der Waals surface area contributed by atoms with Crippen molar-refractivity contribution in [3.05, 3.63) is 101 Å². The van der Waals surface area contributed by atoms with Gasteiger partial charge in [-0.1, -0.05) is 69.7 Å². The van der Waals surface area contributed by atoms with Crippen LogP contribution in [0.5, 0.6) is 0 Å². The van der Waals surface area contributed by atoms with E-state index in [0.29, 0.717) is 12.8 Å². The van der Waals surface area contributed by atoms with Gasteiger partial charge in [0.05, 0.1) is 24.0 Å². The van der Waals surface area contributed by atoms with Gasteiger partial charge in [0.25, 0.3) is 0 Å². The van der Waals surface area contributed by atoms with Crippen LogP contribution in [0.25, 0.3) is 17.1 Å². The first-order valence-electron chi connectivity index (χ1n) is 14.5. The zero-order chi connectivity index (χ0) is 30.1. The van der Waals surface area contributed by atoms with Crippen LogP contribution in [-0.4, -0.2) is 37.7 Å². The Morgan fingerprint density at radius 2 is 1.64 bits per heavy atom. The van der Waals surface area contributed by atoms with Gasteiger partial charge in [0.1, 0.15) is 5.69 Å². The summed E-state index contributed by atoms with van der Waals surface area (Å²) < 4.78 is 1.99. The Bertz CT molecular complexity index is 1460. The number of nitrogens with two attached hydrogens (primary N) is 1. The Labute approximate surface area is 248 Å². The van der Waals surface area contributed by atoms with Crippen LogP contribution < -0.4 is 11.1 Å². The number of aryl methyl sites for hydroxylation is 1. The number of aliphatic hydroxyl groups excluding tert-OH is 1. The molecule has 1 unspecified atom stereocenters. The normalized spacial score (nSPS) is 12.2. The van der Waals surface area contributed by atoms with Crippen molar-refractivity contribution in [2.45, 2.75) is 77.4 Å². The number of amides is 2. The number of imide groups is 1. The minimum atomic E-state index is -0.819. The zero-order valence-electron chi connectivity index (χ0n) is 24.7. The maximum absolute atomic E-state index is 12.4. The van der Waals surface area contributed by atoms with E-state index in [1.807, 2.05) is 35.0 Å². The Balaban J connectivity index is 1.30. The van der Waals surface area contributed by atoms with E-state index in [-0.39, 0.29) is 24.3 Å². The number of hydrogen-bond acceptors (Lipinski definition) is 6. The largest absolute Gasteiger partial charge is 0.392 e. The Kier molecular flexibility index (Phi) is 10.4. The van der Waals surface area contributed by atoms with Crippen molar-refractivity contribution in [3.63, 3.8) is 0 Å². The van der Waals surface area contributed by atoms with E-state index in [4.69, 9.17) is 15.9 Å². The molecule has 0 aliphatic heterocycles. The van der Waals surface area contributed by atoms with Crippen molar-refractivity contribution >= 4 is 11.8 Å². The summed E-state index contributed by atoms with van der Waals surface area (Å²) in [5, 5.41) is 16.5. The fourth-order valence-electron chi connectivity index (χ4n) is 4.75. The first-order valence-corrected chi connectivity index (χ1v) is 14.5. The van der Waals surface area contributed by atoms with Crippen LogP contribution in [0.3, 0.4) is 0 Å². The monoisotopic (exact) mass is 567 g/mol. The van der Waals surface area contributed by atoms with Gasteiger partial charge in [0, 0.05) is 18.3 Å². The SMILES string of the molecule is CC(C)(C)c1ccc(-n2nc(-c3ccccn3)cc2CCCCCC(=O)NC(=O)C(N)Cc2ccc(CO)cc2)cc1. The summed E-state index contributed by atoms with van der Waals surface area (Å²) >= 11 is 0. The van der Waals surface area contributed by atoms with Crippen molar-refractivity contribution < 1.29 is 14.7 Å². The van der Waals surface area contributed by atoms with Gasteiger partial charge in [0.2, 0.25) is 11.8 Å². The molecule has 2 heterocycles. The predicted molar refractivity (Wildman–Crippen MR) is 165 cm³/mol. The summed E-state index contributed by atoms with van der Waals surface area (Å²) in [5.41, 5.74) is 12.7. The molecule has 0 spiro atoms. The standard InChI is InChI=1S/C34H41N5O3/c1-34(2,3)26-16-18-27(19-17-26)39-28(22-31(38-39)30-10-7-8-20-36-30)9-5-4-6-11-32(41)37-33(42)29(35)21-24-12-14-25(23-40)15-13-24/h7-8,10,12-20,22,29,40H,4-6,9,11,21,23,35H2,1-3H3,(H,37,41,42). The van der Waals surface area contributed by atoms with Gasteiger partial charge in [-0.05, 0) is 78.1 Å². The summed E-state index contributed by atoms with van der Waals surface area (Å²) in [7, 11) is 0. The molecule has 0 saturated heterocycles. The lowest BCUT2D eigenvalue weighted by molar-refractivity contribution is -0.131. The van der Waals surface area contributed by atoms with Gasteiger partial charge in [-0.2, -0.15) is 5.10 Å². The molecular weight excluding hydrogens is 526 g/mol. The molecule has 2 amide bonds. The molecule has 2 aromatic heterocycles. The lowest BCUT2D eigenvalue weighted by atomic mass is 9.87. The van der Waals surface area contributed by atoms with Gasteiger partial charge in [-0.25, -0.2) is 4.68 Å². The minimum absolute atomic E-state index is 0.0391. The maximum Gasteiger partial charge on any atom is 0.243 e. The van der Waals surface area contributed by atoms with E-state index in [9.17, 15) is 9.59 Å². The molecule has 4 rings (SSSR count). The summed E-state index contributed by atoms with van der Waals surface area (Å²) in [4.78, 5) is 29.3. The van der Waals surface area contributed by atoms with E-state index in [1.165, 1.54) is 5.56 Å². The Morgan fingerprint density at radius 1 is 0.929 bits per heavy atom. The molecule has 42 heavy (non-hydrogen) atoms. The highest BCUT2D eigenvalue weighted by molar-refractivity contribution is 5.97. The van der Waals surface area contributed by atoms with Crippen LogP contribution in [0.4, 0.5) is 0 Å². The zero-order valence-corrected chi connectivity index (χ0v) is 24.7. The van der Waals surface area contributed by atoms with Crippen molar-refractivity contribution in [2.75, 3.05) is 0 Å². The number of unbranched alkanes of at least 4 members (excludes halogenated alkanes) is 2. The molecule has 4 N–H and O–H groups in total. The number of carbonyl (C=O) groups is 2. The van der Waals surface area contributed by atoms with E-state index in [1.54, 1.807) is 18.3 Å². The summed E-state index contributed by atoms with van der Waals surface area (Å²) in [6, 6.07) is 22.8. The second-order valence-electron chi connectivity index (χ2n) is 11.7. The average molecular weight is 568 g/mol. The lowest BCUT2D eigenvalue weighted by Crippen LogP contribution is -2.44. The predicted octanol–water partition coefficient (Wildman–Crippen LogP) is 5.04. The molecule has 0 aliphatic rings. The fourth-order valence-corrected chi connectivity index (χ4v) is 4.75. The topological polar surface area (TPSA) is 123 Å². The molecule has 8 heteroatoms. The average Bonchev–Trinajstić information content (AvgIpc) is 3.41. The molecule has 2 aromatic carbocycles. The van der Waals surface area contributed by atoms with E-state index < -0.39 is 11.9 Å². The number of hydrogen-bond donors (Lipinski definition) is 3. The third-order valence-electron chi connectivity index (χ3n) is 7.29. The quantitative estimate of drug-likeness (QED) is 0.206. The summed E-state index contributed by atoms with van der Waals surface area (Å²) in [6.45, 7) is 6.56. The molecule has 1 atom stereocenters. The van der Waals surface area contributed by atoms with Crippen molar-refractivity contribution in [1.29, 1.82) is 0 Å². The third-order valence-corrected chi connectivity index (χ3v) is 7.29. The Morgan fingerprint density at radius 3 is 2.29 bits per heavy atom. The van der Waals surface area contributed by atoms with Crippen LogP contribution in [0.15, 0.2) is 79.0 Å².